The lowest BCUT2D eigenvalue weighted by atomic mass is 10.3. The zero-order valence-corrected chi connectivity index (χ0v) is 11.7. The first-order chi connectivity index (χ1) is 9.22. The zero-order valence-electron chi connectivity index (χ0n) is 11.7. The Morgan fingerprint density at radius 3 is 2.89 bits per heavy atom. The third-order valence-electron chi connectivity index (χ3n) is 3.33. The van der Waals surface area contributed by atoms with Gasteiger partial charge in [0.25, 0.3) is 0 Å². The van der Waals surface area contributed by atoms with Crippen LogP contribution in [0, 0.1) is 0 Å². The van der Waals surface area contributed by atoms with Crippen molar-refractivity contribution in [1.82, 2.24) is 20.3 Å². The summed E-state index contributed by atoms with van der Waals surface area (Å²) < 4.78 is 0. The smallest absolute Gasteiger partial charge is 0.232 e. The van der Waals surface area contributed by atoms with Gasteiger partial charge in [0.1, 0.15) is 0 Å². The van der Waals surface area contributed by atoms with Crippen LogP contribution in [0.1, 0.15) is 26.2 Å². The topological polar surface area (TPSA) is 92.0 Å². The maximum Gasteiger partial charge on any atom is 0.232 e. The van der Waals surface area contributed by atoms with Crippen LogP contribution in [0.5, 0.6) is 0 Å². The number of hydrogen-bond acceptors (Lipinski definition) is 7. The number of likely N-dealkylation sites (N-methyl/N-ethyl adjacent to an activating group) is 1. The van der Waals surface area contributed by atoms with Gasteiger partial charge in [-0.15, -0.1) is 0 Å². The predicted octanol–water partition coefficient (Wildman–Crippen LogP) is 0.464. The maximum atomic E-state index is 5.75. The first-order valence-electron chi connectivity index (χ1n) is 6.90. The minimum absolute atomic E-state index is 0.275. The number of nitrogen functional groups attached to an aromatic ring is 1. The van der Waals surface area contributed by atoms with Gasteiger partial charge in [0, 0.05) is 25.7 Å². The van der Waals surface area contributed by atoms with Gasteiger partial charge < -0.3 is 21.3 Å². The van der Waals surface area contributed by atoms with Crippen LogP contribution >= 0.6 is 0 Å². The van der Waals surface area contributed by atoms with Crippen LogP contribution < -0.4 is 21.3 Å². The van der Waals surface area contributed by atoms with Crippen molar-refractivity contribution in [2.75, 3.05) is 42.6 Å². The molecule has 7 heteroatoms. The van der Waals surface area contributed by atoms with Crippen LogP contribution in [0.4, 0.5) is 17.8 Å². The summed E-state index contributed by atoms with van der Waals surface area (Å²) in [7, 11) is 1.98. The maximum absolute atomic E-state index is 5.75. The fourth-order valence-electron chi connectivity index (χ4n) is 2.16. The number of nitrogens with one attached hydrogen (secondary N) is 2. The minimum atomic E-state index is 0.275. The van der Waals surface area contributed by atoms with E-state index >= 15 is 0 Å². The van der Waals surface area contributed by atoms with Gasteiger partial charge in [0.05, 0.1) is 0 Å². The lowest BCUT2D eigenvalue weighted by molar-refractivity contribution is 0.616. The molecule has 0 radical (unpaired) electrons. The Labute approximate surface area is 114 Å². The van der Waals surface area contributed by atoms with Gasteiger partial charge >= 0.3 is 0 Å². The quantitative estimate of drug-likeness (QED) is 0.644. The largest absolute Gasteiger partial charge is 0.368 e. The van der Waals surface area contributed by atoms with Crippen LogP contribution in [0.3, 0.4) is 0 Å². The Hall–Kier alpha value is -1.63. The summed E-state index contributed by atoms with van der Waals surface area (Å²) in [5, 5.41) is 6.47. The Kier molecular flexibility index (Phi) is 4.73. The summed E-state index contributed by atoms with van der Waals surface area (Å²) in [6.45, 7) is 4.87. The molecule has 106 valence electrons. The summed E-state index contributed by atoms with van der Waals surface area (Å²) in [6, 6.07) is 0.495. The lowest BCUT2D eigenvalue weighted by Gasteiger charge is -2.17. The van der Waals surface area contributed by atoms with E-state index in [-0.39, 0.29) is 5.95 Å². The van der Waals surface area contributed by atoms with Crippen molar-refractivity contribution < 1.29 is 0 Å². The Morgan fingerprint density at radius 2 is 2.21 bits per heavy atom. The Balaban J connectivity index is 2.04. The average Bonchev–Trinajstić information content (AvgIpc) is 2.87. The molecule has 1 saturated heterocycles. The highest BCUT2D eigenvalue weighted by atomic mass is 15.3. The van der Waals surface area contributed by atoms with E-state index in [9.17, 15) is 0 Å². The number of anilines is 3. The number of aromatic nitrogens is 3. The van der Waals surface area contributed by atoms with Gasteiger partial charge in [-0.3, -0.25) is 0 Å². The molecule has 0 aromatic carbocycles. The second kappa shape index (κ2) is 6.51. The monoisotopic (exact) mass is 265 g/mol. The van der Waals surface area contributed by atoms with Gasteiger partial charge in [0.15, 0.2) is 0 Å². The van der Waals surface area contributed by atoms with E-state index in [2.05, 4.69) is 37.4 Å². The first-order valence-corrected chi connectivity index (χ1v) is 6.90. The molecule has 0 bridgehead atoms. The van der Waals surface area contributed by atoms with Gasteiger partial charge in [-0.25, -0.2) is 0 Å². The van der Waals surface area contributed by atoms with Gasteiger partial charge in [-0.1, -0.05) is 13.3 Å². The SMILES string of the molecule is CCCCNc1nc(N)nc(N2CC[C@@H](NC)C2)n1. The molecule has 1 aliphatic heterocycles. The average molecular weight is 265 g/mol. The van der Waals surface area contributed by atoms with Crippen LogP contribution in [0.2, 0.25) is 0 Å². The Bertz CT molecular complexity index is 409. The molecule has 2 heterocycles. The third-order valence-corrected chi connectivity index (χ3v) is 3.33. The van der Waals surface area contributed by atoms with Gasteiger partial charge in [-0.2, -0.15) is 15.0 Å². The molecule has 0 unspecified atom stereocenters. The molecule has 0 aliphatic carbocycles. The fraction of sp³-hybridized carbons (Fsp3) is 0.750. The van der Waals surface area contributed by atoms with E-state index in [0.717, 1.165) is 38.9 Å². The van der Waals surface area contributed by atoms with Crippen molar-refractivity contribution in [2.24, 2.45) is 0 Å². The normalized spacial score (nSPS) is 18.8. The molecule has 1 fully saturated rings. The number of unbranched alkanes of at least 4 members (excludes halogenated alkanes) is 1. The molecular weight excluding hydrogens is 242 g/mol. The lowest BCUT2D eigenvalue weighted by Crippen LogP contribution is -2.30. The molecule has 0 spiro atoms. The highest BCUT2D eigenvalue weighted by Gasteiger charge is 2.23. The van der Waals surface area contributed by atoms with Crippen molar-refractivity contribution in [3.63, 3.8) is 0 Å². The van der Waals surface area contributed by atoms with Crippen LogP contribution in [-0.2, 0) is 0 Å². The van der Waals surface area contributed by atoms with E-state index < -0.39 is 0 Å². The summed E-state index contributed by atoms with van der Waals surface area (Å²) in [5.41, 5.74) is 5.75. The van der Waals surface area contributed by atoms with E-state index in [0.29, 0.717) is 17.9 Å². The van der Waals surface area contributed by atoms with E-state index in [1.807, 2.05) is 7.05 Å². The first kappa shape index (κ1) is 13.8. The molecule has 1 aliphatic rings. The third kappa shape index (κ3) is 3.66. The van der Waals surface area contributed by atoms with Gasteiger partial charge in [-0.05, 0) is 19.9 Å². The van der Waals surface area contributed by atoms with Gasteiger partial charge in [0.2, 0.25) is 17.8 Å². The summed E-state index contributed by atoms with van der Waals surface area (Å²) in [6.07, 6.45) is 3.32. The number of hydrogen-bond donors (Lipinski definition) is 3. The molecular formula is C12H23N7. The van der Waals surface area contributed by atoms with Crippen molar-refractivity contribution in [3.05, 3.63) is 0 Å². The number of nitrogens with zero attached hydrogens (tertiary/aromatic N) is 4. The number of nitrogens with two attached hydrogens (primary N) is 1. The summed E-state index contributed by atoms with van der Waals surface area (Å²) in [5.74, 6) is 1.52. The molecule has 0 amide bonds. The second-order valence-corrected chi connectivity index (χ2v) is 4.82. The fourth-order valence-corrected chi connectivity index (χ4v) is 2.16. The molecule has 1 atom stereocenters. The molecule has 0 saturated carbocycles. The molecule has 1 aromatic rings. The van der Waals surface area contributed by atoms with E-state index in [4.69, 9.17) is 5.73 Å². The highest BCUT2D eigenvalue weighted by molar-refractivity contribution is 5.42. The van der Waals surface area contributed by atoms with E-state index in [1.165, 1.54) is 0 Å². The number of rotatable bonds is 6. The summed E-state index contributed by atoms with van der Waals surface area (Å²) >= 11 is 0. The van der Waals surface area contributed by atoms with Crippen LogP contribution in [0.15, 0.2) is 0 Å². The molecule has 19 heavy (non-hydrogen) atoms. The van der Waals surface area contributed by atoms with E-state index in [1.54, 1.807) is 0 Å². The highest BCUT2D eigenvalue weighted by Crippen LogP contribution is 2.18. The van der Waals surface area contributed by atoms with Crippen molar-refractivity contribution in [3.8, 4) is 0 Å². The van der Waals surface area contributed by atoms with Crippen LogP contribution in [0.25, 0.3) is 0 Å². The van der Waals surface area contributed by atoms with Crippen molar-refractivity contribution in [2.45, 2.75) is 32.2 Å². The predicted molar refractivity (Wildman–Crippen MR) is 77.3 cm³/mol. The van der Waals surface area contributed by atoms with Crippen molar-refractivity contribution in [1.29, 1.82) is 0 Å². The van der Waals surface area contributed by atoms with Crippen LogP contribution in [-0.4, -0.2) is 47.7 Å². The summed E-state index contributed by atoms with van der Waals surface area (Å²) in [4.78, 5) is 14.9. The molecule has 4 N–H and O–H groups in total. The van der Waals surface area contributed by atoms with Crippen molar-refractivity contribution >= 4 is 17.8 Å². The molecule has 1 aromatic heterocycles. The zero-order chi connectivity index (χ0) is 13.7. The molecule has 7 nitrogen and oxygen atoms in total. The standard InChI is InChI=1S/C12H23N7/c1-3-4-6-15-11-16-10(13)17-12(18-11)19-7-5-9(8-19)14-2/h9,14H,3-8H2,1-2H3,(H3,13,15,16,17,18)/t9-/m1/s1. The second-order valence-electron chi connectivity index (χ2n) is 4.82. The minimum Gasteiger partial charge on any atom is -0.368 e. The Morgan fingerprint density at radius 1 is 1.37 bits per heavy atom. The molecule has 2 rings (SSSR count).